The second-order valence-electron chi connectivity index (χ2n) is 8.31. The van der Waals surface area contributed by atoms with Crippen LogP contribution in [0.4, 0.5) is 4.39 Å². The van der Waals surface area contributed by atoms with Crippen molar-refractivity contribution in [1.82, 2.24) is 30.1 Å². The van der Waals surface area contributed by atoms with E-state index in [1.807, 2.05) is 0 Å². The minimum absolute atomic E-state index is 0.161. The number of likely N-dealkylation sites (N-methyl/N-ethyl adjacent to an activating group) is 1. The number of carbonyl (C=O) groups is 1. The Hall–Kier alpha value is -3.43. The fraction of sp³-hybridized carbons (Fsp3) is 0.360. The average Bonchev–Trinajstić information content (AvgIpc) is 2.85. The second-order valence-corrected chi connectivity index (χ2v) is 8.31. The van der Waals surface area contributed by atoms with Crippen LogP contribution in [0.2, 0.25) is 0 Å². The van der Waals surface area contributed by atoms with E-state index < -0.39 is 5.82 Å². The Morgan fingerprint density at radius 2 is 1.88 bits per heavy atom. The Morgan fingerprint density at radius 1 is 1.09 bits per heavy atom. The molecular weight excluding hydrogens is 435 g/mol. The van der Waals surface area contributed by atoms with Crippen molar-refractivity contribution < 1.29 is 13.9 Å². The average molecular weight is 465 g/mol. The van der Waals surface area contributed by atoms with Gasteiger partial charge in [0.15, 0.2) is 0 Å². The lowest BCUT2D eigenvalue weighted by Gasteiger charge is -2.32. The fourth-order valence-corrected chi connectivity index (χ4v) is 3.69. The number of nitrogens with one attached hydrogen (secondary N) is 1. The van der Waals surface area contributed by atoms with Gasteiger partial charge in [-0.15, -0.1) is 0 Å². The van der Waals surface area contributed by atoms with Crippen molar-refractivity contribution in [2.24, 2.45) is 0 Å². The smallest absolute Gasteiger partial charge is 0.224 e. The van der Waals surface area contributed by atoms with Crippen LogP contribution in [0.3, 0.4) is 0 Å². The summed E-state index contributed by atoms with van der Waals surface area (Å²) in [4.78, 5) is 29.3. The van der Waals surface area contributed by atoms with E-state index in [9.17, 15) is 9.18 Å². The van der Waals surface area contributed by atoms with Gasteiger partial charge in [-0.05, 0) is 36.9 Å². The highest BCUT2D eigenvalue weighted by atomic mass is 19.1. The van der Waals surface area contributed by atoms with E-state index in [0.29, 0.717) is 29.4 Å². The summed E-state index contributed by atoms with van der Waals surface area (Å²) < 4.78 is 20.5. The number of pyridine rings is 1. The summed E-state index contributed by atoms with van der Waals surface area (Å²) in [5.74, 6) is 0.502. The molecule has 0 saturated carbocycles. The lowest BCUT2D eigenvalue weighted by Crippen LogP contribution is -2.45. The number of carbonyl (C=O) groups excluding carboxylic acids is 1. The van der Waals surface area contributed by atoms with E-state index in [0.717, 1.165) is 38.3 Å². The molecule has 0 bridgehead atoms. The van der Waals surface area contributed by atoms with Gasteiger partial charge in [0.1, 0.15) is 24.0 Å². The Bertz CT molecular complexity index is 1070. The van der Waals surface area contributed by atoms with Gasteiger partial charge in [-0.3, -0.25) is 14.7 Å². The van der Waals surface area contributed by atoms with Gasteiger partial charge in [-0.1, -0.05) is 6.07 Å². The van der Waals surface area contributed by atoms with Gasteiger partial charge in [0.2, 0.25) is 5.91 Å². The zero-order valence-electron chi connectivity index (χ0n) is 19.3. The predicted molar refractivity (Wildman–Crippen MR) is 127 cm³/mol. The highest BCUT2D eigenvalue weighted by molar-refractivity contribution is 5.78. The van der Waals surface area contributed by atoms with Crippen molar-refractivity contribution in [3.63, 3.8) is 0 Å². The molecule has 34 heavy (non-hydrogen) atoms. The third-order valence-electron chi connectivity index (χ3n) is 5.74. The molecule has 1 N–H and O–H groups in total. The first-order valence-electron chi connectivity index (χ1n) is 11.4. The van der Waals surface area contributed by atoms with Crippen molar-refractivity contribution in [3.8, 4) is 17.0 Å². The Morgan fingerprint density at radius 3 is 2.59 bits per heavy atom. The maximum absolute atomic E-state index is 14.7. The van der Waals surface area contributed by atoms with Gasteiger partial charge in [0, 0.05) is 62.9 Å². The number of rotatable bonds is 9. The molecule has 0 atom stereocenters. The monoisotopic (exact) mass is 464 g/mol. The molecule has 4 rings (SSSR count). The fourth-order valence-electron chi connectivity index (χ4n) is 3.69. The number of nitrogens with zero attached hydrogens (tertiary/aromatic N) is 5. The minimum Gasteiger partial charge on any atom is -0.492 e. The molecule has 8 nitrogen and oxygen atoms in total. The summed E-state index contributed by atoms with van der Waals surface area (Å²) in [7, 11) is 2.13. The number of hydrogen-bond donors (Lipinski definition) is 1. The number of hydrogen-bond acceptors (Lipinski definition) is 7. The van der Waals surface area contributed by atoms with E-state index in [4.69, 9.17) is 4.74 Å². The molecule has 0 radical (unpaired) electrons. The quantitative estimate of drug-likeness (QED) is 0.520. The van der Waals surface area contributed by atoms with Gasteiger partial charge in [0.05, 0.1) is 18.7 Å². The van der Waals surface area contributed by atoms with Crippen molar-refractivity contribution in [2.75, 3.05) is 46.4 Å². The summed E-state index contributed by atoms with van der Waals surface area (Å²) in [6.07, 6.45) is 5.02. The Balaban J connectivity index is 1.26. The highest BCUT2D eigenvalue weighted by Crippen LogP contribution is 2.25. The zero-order valence-corrected chi connectivity index (χ0v) is 19.3. The minimum atomic E-state index is -0.391. The molecule has 2 aromatic heterocycles. The number of aromatic nitrogens is 3. The van der Waals surface area contributed by atoms with Gasteiger partial charge >= 0.3 is 0 Å². The predicted octanol–water partition coefficient (Wildman–Crippen LogP) is 2.16. The molecule has 1 fully saturated rings. The summed E-state index contributed by atoms with van der Waals surface area (Å²) in [5, 5.41) is 2.78. The molecular formula is C25H29FN6O2. The van der Waals surface area contributed by atoms with Gasteiger partial charge < -0.3 is 15.0 Å². The number of halogens is 1. The van der Waals surface area contributed by atoms with Crippen molar-refractivity contribution in [3.05, 3.63) is 72.2 Å². The highest BCUT2D eigenvalue weighted by Gasteiger charge is 2.14. The number of ether oxygens (including phenoxy) is 1. The maximum Gasteiger partial charge on any atom is 0.224 e. The first-order valence-corrected chi connectivity index (χ1v) is 11.4. The number of piperazine rings is 1. The second kappa shape index (κ2) is 11.6. The normalized spacial score (nSPS) is 14.6. The van der Waals surface area contributed by atoms with E-state index >= 15 is 0 Å². The molecule has 0 aliphatic carbocycles. The molecule has 1 aromatic carbocycles. The zero-order chi connectivity index (χ0) is 23.8. The molecule has 3 heterocycles. The molecule has 178 valence electrons. The van der Waals surface area contributed by atoms with Crippen molar-refractivity contribution in [2.45, 2.75) is 13.0 Å². The molecule has 1 aliphatic heterocycles. The molecule has 1 saturated heterocycles. The molecule has 3 aromatic rings. The number of benzene rings is 1. The van der Waals surface area contributed by atoms with Crippen LogP contribution in [0, 0.1) is 5.82 Å². The summed E-state index contributed by atoms with van der Waals surface area (Å²) in [6, 6.07) is 10.0. The van der Waals surface area contributed by atoms with Gasteiger partial charge in [0.25, 0.3) is 0 Å². The van der Waals surface area contributed by atoms with Crippen LogP contribution in [0.15, 0.2) is 55.0 Å². The van der Waals surface area contributed by atoms with E-state index in [1.54, 1.807) is 48.9 Å². The summed E-state index contributed by atoms with van der Waals surface area (Å²) in [6.45, 7) is 5.78. The summed E-state index contributed by atoms with van der Waals surface area (Å²) >= 11 is 0. The molecule has 1 amide bonds. The van der Waals surface area contributed by atoms with Crippen LogP contribution in [0.25, 0.3) is 11.3 Å². The maximum atomic E-state index is 14.7. The topological polar surface area (TPSA) is 83.5 Å². The van der Waals surface area contributed by atoms with Gasteiger partial charge in [-0.2, -0.15) is 0 Å². The SMILES string of the molecule is CN1CCN(CCOc2ccc(-c3ccc(CC(=O)NCc4ncccn4)cn3)c(F)c2)CC1. The third-order valence-corrected chi connectivity index (χ3v) is 5.74. The molecule has 1 aliphatic rings. The van der Waals surface area contributed by atoms with E-state index in [2.05, 4.69) is 37.1 Å². The molecule has 9 heteroatoms. The largest absolute Gasteiger partial charge is 0.492 e. The van der Waals surface area contributed by atoms with Crippen molar-refractivity contribution >= 4 is 5.91 Å². The van der Waals surface area contributed by atoms with E-state index in [-0.39, 0.29) is 18.9 Å². The van der Waals surface area contributed by atoms with Crippen LogP contribution < -0.4 is 10.1 Å². The third kappa shape index (κ3) is 6.79. The number of amides is 1. The van der Waals surface area contributed by atoms with Crippen LogP contribution in [-0.2, 0) is 17.8 Å². The van der Waals surface area contributed by atoms with Crippen molar-refractivity contribution in [1.29, 1.82) is 0 Å². The standard InChI is InChI=1S/C25H29FN6O2/c1-31-9-11-32(12-10-31)13-14-34-20-4-5-21(22(26)16-20)23-6-3-19(17-29-23)15-25(33)30-18-24-27-7-2-8-28-24/h2-8,16-17H,9-15,18H2,1H3,(H,30,33). The Labute approximate surface area is 198 Å². The van der Waals surface area contributed by atoms with Crippen LogP contribution in [-0.4, -0.2) is 77.0 Å². The molecule has 0 spiro atoms. The lowest BCUT2D eigenvalue weighted by molar-refractivity contribution is -0.120. The molecule has 0 unspecified atom stereocenters. The lowest BCUT2D eigenvalue weighted by atomic mass is 10.1. The van der Waals surface area contributed by atoms with Gasteiger partial charge in [-0.25, -0.2) is 14.4 Å². The first kappa shape index (κ1) is 23.7. The van der Waals surface area contributed by atoms with E-state index in [1.165, 1.54) is 6.07 Å². The Kier molecular flexibility index (Phi) is 8.11. The summed E-state index contributed by atoms with van der Waals surface area (Å²) in [5.41, 5.74) is 1.63. The van der Waals surface area contributed by atoms with Crippen LogP contribution >= 0.6 is 0 Å². The first-order chi connectivity index (χ1) is 16.6. The van der Waals surface area contributed by atoms with Crippen LogP contribution in [0.1, 0.15) is 11.4 Å². The van der Waals surface area contributed by atoms with Crippen LogP contribution in [0.5, 0.6) is 5.75 Å².